The molecule has 0 saturated carbocycles. The van der Waals surface area contributed by atoms with Crippen LogP contribution in [-0.4, -0.2) is 24.6 Å². The van der Waals surface area contributed by atoms with E-state index in [0.29, 0.717) is 16.1 Å². The summed E-state index contributed by atoms with van der Waals surface area (Å²) in [5, 5.41) is 5.23. The van der Waals surface area contributed by atoms with Crippen molar-refractivity contribution < 1.29 is 14.4 Å². The van der Waals surface area contributed by atoms with Gasteiger partial charge in [-0.25, -0.2) is 0 Å². The van der Waals surface area contributed by atoms with Gasteiger partial charge in [0.05, 0.1) is 4.88 Å². The van der Waals surface area contributed by atoms with Gasteiger partial charge in [0, 0.05) is 36.0 Å². The molecule has 6 heteroatoms. The first-order valence-corrected chi connectivity index (χ1v) is 8.03. The largest absolute Gasteiger partial charge is 0.355 e. The van der Waals surface area contributed by atoms with E-state index in [0.717, 1.165) is 4.88 Å². The number of carbonyl (C=O) groups is 3. The topological polar surface area (TPSA) is 75.3 Å². The minimum Gasteiger partial charge on any atom is -0.355 e. The summed E-state index contributed by atoms with van der Waals surface area (Å²) in [6, 6.07) is 10.3. The second kappa shape index (κ2) is 7.69. The molecule has 1 heterocycles. The summed E-state index contributed by atoms with van der Waals surface area (Å²) in [7, 11) is 1.55. The quantitative estimate of drug-likeness (QED) is 0.800. The summed E-state index contributed by atoms with van der Waals surface area (Å²) < 4.78 is 0. The number of anilines is 1. The molecule has 2 aromatic rings. The molecule has 2 amide bonds. The zero-order valence-electron chi connectivity index (χ0n) is 13.0. The maximum Gasteiger partial charge on any atom is 0.251 e. The number of carbonyl (C=O) groups excluding carboxylic acids is 3. The van der Waals surface area contributed by atoms with Crippen LogP contribution >= 0.6 is 11.3 Å². The van der Waals surface area contributed by atoms with Gasteiger partial charge in [-0.2, -0.15) is 0 Å². The summed E-state index contributed by atoms with van der Waals surface area (Å²) in [6.07, 6.45) is 0.279. The third-order valence-corrected chi connectivity index (χ3v) is 4.27. The molecule has 1 aromatic carbocycles. The second-order valence-corrected chi connectivity index (χ2v) is 6.33. The van der Waals surface area contributed by atoms with Crippen molar-refractivity contribution >= 4 is 34.6 Å². The number of Topliss-reactive ketones (excluding diaryl/α,β-unsaturated/α-hetero) is 1. The van der Waals surface area contributed by atoms with Gasteiger partial charge in [0.25, 0.3) is 5.91 Å². The number of nitrogens with one attached hydrogen (secondary N) is 2. The first-order chi connectivity index (χ1) is 11.0. The van der Waals surface area contributed by atoms with Gasteiger partial charge in [-0.15, -0.1) is 11.3 Å². The Kier molecular flexibility index (Phi) is 5.65. The molecule has 0 aliphatic carbocycles. The first-order valence-electron chi connectivity index (χ1n) is 7.21. The maximum atomic E-state index is 12.0. The lowest BCUT2D eigenvalue weighted by atomic mass is 10.1. The Bertz CT molecular complexity index is 737. The van der Waals surface area contributed by atoms with Crippen LogP contribution in [0.25, 0.3) is 0 Å². The van der Waals surface area contributed by atoms with E-state index >= 15 is 0 Å². The van der Waals surface area contributed by atoms with Crippen molar-refractivity contribution in [3.05, 3.63) is 51.7 Å². The Morgan fingerprint density at radius 2 is 1.87 bits per heavy atom. The molecule has 0 atom stereocenters. The number of rotatable bonds is 6. The fourth-order valence-corrected chi connectivity index (χ4v) is 2.88. The molecule has 0 unspecified atom stereocenters. The molecule has 0 spiro atoms. The first kappa shape index (κ1) is 16.9. The van der Waals surface area contributed by atoms with E-state index in [1.807, 2.05) is 13.0 Å². The van der Waals surface area contributed by atoms with E-state index in [4.69, 9.17) is 0 Å². The third-order valence-electron chi connectivity index (χ3n) is 3.23. The summed E-state index contributed by atoms with van der Waals surface area (Å²) in [6.45, 7) is 1.94. The third kappa shape index (κ3) is 4.75. The molecule has 0 aliphatic rings. The number of benzene rings is 1. The fraction of sp³-hybridized carbons (Fsp3) is 0.235. The molecule has 5 nitrogen and oxygen atoms in total. The molecule has 0 saturated heterocycles. The van der Waals surface area contributed by atoms with E-state index in [1.54, 1.807) is 37.4 Å². The Labute approximate surface area is 138 Å². The number of hydrogen-bond donors (Lipinski definition) is 2. The Morgan fingerprint density at radius 3 is 2.52 bits per heavy atom. The number of hydrogen-bond acceptors (Lipinski definition) is 4. The van der Waals surface area contributed by atoms with Gasteiger partial charge in [-0.05, 0) is 37.3 Å². The molecule has 0 radical (unpaired) electrons. The Balaban J connectivity index is 1.90. The number of amides is 2. The van der Waals surface area contributed by atoms with Crippen LogP contribution in [0.5, 0.6) is 0 Å². The number of aryl methyl sites for hydroxylation is 1. The van der Waals surface area contributed by atoms with Crippen LogP contribution in [0.2, 0.25) is 0 Å². The molecular weight excluding hydrogens is 312 g/mol. The highest BCUT2D eigenvalue weighted by molar-refractivity contribution is 7.14. The molecule has 2 rings (SSSR count). The number of thiophene rings is 1. The number of ketones is 1. The highest BCUT2D eigenvalue weighted by Gasteiger charge is 2.12. The molecule has 23 heavy (non-hydrogen) atoms. The lowest BCUT2D eigenvalue weighted by Gasteiger charge is -2.06. The van der Waals surface area contributed by atoms with Crippen molar-refractivity contribution in [1.29, 1.82) is 0 Å². The van der Waals surface area contributed by atoms with Crippen molar-refractivity contribution in [2.24, 2.45) is 0 Å². The van der Waals surface area contributed by atoms with Crippen molar-refractivity contribution in [1.82, 2.24) is 5.32 Å². The normalized spacial score (nSPS) is 10.2. The summed E-state index contributed by atoms with van der Waals surface area (Å²) >= 11 is 1.43. The van der Waals surface area contributed by atoms with Gasteiger partial charge in [0.1, 0.15) is 0 Å². The van der Waals surface area contributed by atoms with Gasteiger partial charge in [0.2, 0.25) is 5.91 Å². The standard InChI is InChI=1S/C17H18N2O3S/c1-11-6-8-15(23-11)14(20)7-9-16(21)19-13-5-3-4-12(10-13)17(22)18-2/h3-6,8,10H,7,9H2,1-2H3,(H,18,22)(H,19,21). The van der Waals surface area contributed by atoms with Gasteiger partial charge in [0.15, 0.2) is 5.78 Å². The zero-order chi connectivity index (χ0) is 16.8. The highest BCUT2D eigenvalue weighted by Crippen LogP contribution is 2.18. The minimum absolute atomic E-state index is 0.0302. The van der Waals surface area contributed by atoms with Gasteiger partial charge in [-0.1, -0.05) is 6.07 Å². The van der Waals surface area contributed by atoms with Crippen LogP contribution in [0.3, 0.4) is 0 Å². The van der Waals surface area contributed by atoms with E-state index in [2.05, 4.69) is 10.6 Å². The van der Waals surface area contributed by atoms with Crippen molar-refractivity contribution in [3.63, 3.8) is 0 Å². The molecule has 2 N–H and O–H groups in total. The van der Waals surface area contributed by atoms with Crippen molar-refractivity contribution in [2.45, 2.75) is 19.8 Å². The summed E-state index contributed by atoms with van der Waals surface area (Å²) in [5.74, 6) is -0.498. The monoisotopic (exact) mass is 330 g/mol. The van der Waals surface area contributed by atoms with Crippen LogP contribution in [0.1, 0.15) is 37.7 Å². The maximum absolute atomic E-state index is 12.0. The summed E-state index contributed by atoms with van der Waals surface area (Å²) in [5.41, 5.74) is 1.01. The predicted octanol–water partition coefficient (Wildman–Crippen LogP) is 3.02. The molecular formula is C17H18N2O3S. The van der Waals surface area contributed by atoms with Crippen LogP contribution < -0.4 is 10.6 Å². The smallest absolute Gasteiger partial charge is 0.251 e. The average molecular weight is 330 g/mol. The van der Waals surface area contributed by atoms with Crippen LogP contribution in [0.15, 0.2) is 36.4 Å². The lowest BCUT2D eigenvalue weighted by molar-refractivity contribution is -0.116. The summed E-state index contributed by atoms with van der Waals surface area (Å²) in [4.78, 5) is 37.2. The van der Waals surface area contributed by atoms with E-state index < -0.39 is 0 Å². The Hall–Kier alpha value is -2.47. The molecule has 0 bridgehead atoms. The molecule has 0 fully saturated rings. The minimum atomic E-state index is -0.249. The zero-order valence-corrected chi connectivity index (χ0v) is 13.8. The molecule has 120 valence electrons. The van der Waals surface area contributed by atoms with E-state index in [-0.39, 0.29) is 30.4 Å². The van der Waals surface area contributed by atoms with Crippen molar-refractivity contribution in [2.75, 3.05) is 12.4 Å². The van der Waals surface area contributed by atoms with E-state index in [1.165, 1.54) is 11.3 Å². The van der Waals surface area contributed by atoms with Crippen LogP contribution in [0, 0.1) is 6.92 Å². The van der Waals surface area contributed by atoms with Crippen LogP contribution in [-0.2, 0) is 4.79 Å². The molecule has 1 aromatic heterocycles. The van der Waals surface area contributed by atoms with E-state index in [9.17, 15) is 14.4 Å². The van der Waals surface area contributed by atoms with Gasteiger partial charge < -0.3 is 10.6 Å². The van der Waals surface area contributed by atoms with Crippen molar-refractivity contribution in [3.8, 4) is 0 Å². The average Bonchev–Trinajstić information content (AvgIpc) is 2.98. The Morgan fingerprint density at radius 1 is 1.09 bits per heavy atom. The second-order valence-electron chi connectivity index (χ2n) is 5.04. The predicted molar refractivity (Wildman–Crippen MR) is 91.1 cm³/mol. The van der Waals surface area contributed by atoms with Gasteiger partial charge in [-0.3, -0.25) is 14.4 Å². The fourth-order valence-electron chi connectivity index (χ4n) is 2.04. The lowest BCUT2D eigenvalue weighted by Crippen LogP contribution is -2.18. The SMILES string of the molecule is CNC(=O)c1cccc(NC(=O)CCC(=O)c2ccc(C)s2)c1. The highest BCUT2D eigenvalue weighted by atomic mass is 32.1. The molecule has 0 aliphatic heterocycles. The van der Waals surface area contributed by atoms with Gasteiger partial charge >= 0.3 is 0 Å². The van der Waals surface area contributed by atoms with Crippen LogP contribution in [0.4, 0.5) is 5.69 Å².